The highest BCUT2D eigenvalue weighted by Gasteiger charge is 2.29. The first-order valence-electron chi connectivity index (χ1n) is 7.10. The molecule has 0 bridgehead atoms. The minimum atomic E-state index is 0.315. The van der Waals surface area contributed by atoms with Gasteiger partial charge in [0, 0.05) is 19.5 Å². The first-order valence-corrected chi connectivity index (χ1v) is 7.10. The number of nitrogens with zero attached hydrogens (tertiary/aromatic N) is 3. The van der Waals surface area contributed by atoms with E-state index in [9.17, 15) is 0 Å². The van der Waals surface area contributed by atoms with Crippen LogP contribution in [0.4, 0.5) is 0 Å². The maximum absolute atomic E-state index is 4.30. The molecule has 0 aromatic heterocycles. The van der Waals surface area contributed by atoms with E-state index in [0.29, 0.717) is 6.17 Å². The number of rotatable bonds is 0. The van der Waals surface area contributed by atoms with Crippen molar-refractivity contribution in [1.29, 1.82) is 0 Å². The van der Waals surface area contributed by atoms with Crippen molar-refractivity contribution in [1.82, 2.24) is 9.91 Å². The molecular formula is C15H31N3. The molecule has 2 rings (SSSR count). The van der Waals surface area contributed by atoms with E-state index < -0.39 is 0 Å². The lowest BCUT2D eigenvalue weighted by molar-refractivity contribution is 0.205. The second-order valence-electron chi connectivity index (χ2n) is 3.33. The van der Waals surface area contributed by atoms with Crippen LogP contribution in [0.15, 0.2) is 28.6 Å². The summed E-state index contributed by atoms with van der Waals surface area (Å²) in [6, 6.07) is 0. The zero-order valence-corrected chi connectivity index (χ0v) is 13.7. The molecule has 0 amide bonds. The summed E-state index contributed by atoms with van der Waals surface area (Å²) in [5.41, 5.74) is 2.53. The van der Waals surface area contributed by atoms with Crippen LogP contribution in [0.3, 0.4) is 0 Å². The number of hydrogen-bond donors (Lipinski definition) is 0. The molecule has 0 fully saturated rings. The minimum absolute atomic E-state index is 0.315. The van der Waals surface area contributed by atoms with Gasteiger partial charge in [-0.3, -0.25) is 0 Å². The summed E-state index contributed by atoms with van der Waals surface area (Å²) in [5, 5.41) is 6.33. The van der Waals surface area contributed by atoms with E-state index in [-0.39, 0.29) is 0 Å². The predicted octanol–water partition coefficient (Wildman–Crippen LogP) is 4.45. The molecule has 3 nitrogen and oxygen atoms in total. The molecule has 0 aromatic rings. The van der Waals surface area contributed by atoms with Gasteiger partial charge in [-0.15, -0.1) is 0 Å². The molecule has 106 valence electrons. The van der Waals surface area contributed by atoms with Gasteiger partial charge in [-0.2, -0.15) is 5.10 Å². The largest absolute Gasteiger partial charge is 0.354 e. The fourth-order valence-corrected chi connectivity index (χ4v) is 1.77. The predicted molar refractivity (Wildman–Crippen MR) is 83.4 cm³/mol. The highest BCUT2D eigenvalue weighted by molar-refractivity contribution is 5.73. The van der Waals surface area contributed by atoms with Gasteiger partial charge in [0.05, 0.1) is 5.70 Å². The van der Waals surface area contributed by atoms with Gasteiger partial charge in [-0.25, -0.2) is 5.01 Å². The smallest absolute Gasteiger partial charge is 0.144 e. The summed E-state index contributed by atoms with van der Waals surface area (Å²) < 4.78 is 0. The van der Waals surface area contributed by atoms with E-state index in [0.717, 1.165) is 0 Å². The van der Waals surface area contributed by atoms with Crippen molar-refractivity contribution in [3.05, 3.63) is 23.5 Å². The molecule has 0 saturated heterocycles. The number of likely N-dealkylation sites (N-methyl/N-ethyl adjacent to an activating group) is 1. The van der Waals surface area contributed by atoms with Crippen LogP contribution in [-0.4, -0.2) is 29.3 Å². The lowest BCUT2D eigenvalue weighted by Gasteiger charge is -2.30. The molecular weight excluding hydrogens is 222 g/mol. The van der Waals surface area contributed by atoms with Crippen molar-refractivity contribution in [2.24, 2.45) is 5.10 Å². The molecule has 2 aliphatic heterocycles. The standard InChI is InChI=1S/C9H13N3.3C2H6/c1-7-4-5-10-12-8(2)6-11(3)9(7)12;3*1-2/h4-6,9H,1-3H3;3*1-2H3. The molecule has 2 heterocycles. The summed E-state index contributed by atoms with van der Waals surface area (Å²) in [5.74, 6) is 0. The second kappa shape index (κ2) is 10.9. The third-order valence-corrected chi connectivity index (χ3v) is 2.31. The third kappa shape index (κ3) is 4.55. The summed E-state index contributed by atoms with van der Waals surface area (Å²) in [4.78, 5) is 2.18. The molecule has 2 aliphatic rings. The van der Waals surface area contributed by atoms with Crippen LogP contribution < -0.4 is 0 Å². The molecule has 3 heteroatoms. The zero-order valence-electron chi connectivity index (χ0n) is 13.7. The van der Waals surface area contributed by atoms with Gasteiger partial charge in [0.25, 0.3) is 0 Å². The minimum Gasteiger partial charge on any atom is -0.354 e. The molecule has 0 spiro atoms. The average molecular weight is 253 g/mol. The van der Waals surface area contributed by atoms with Crippen molar-refractivity contribution in [3.8, 4) is 0 Å². The SMILES string of the molecule is CC.CC.CC.CC1=CC=NN2C(C)=CN(C)C12. The van der Waals surface area contributed by atoms with Crippen LogP contribution in [0, 0.1) is 0 Å². The third-order valence-electron chi connectivity index (χ3n) is 2.31. The van der Waals surface area contributed by atoms with Gasteiger partial charge in [0.15, 0.2) is 0 Å². The van der Waals surface area contributed by atoms with Crippen molar-refractivity contribution in [3.63, 3.8) is 0 Å². The van der Waals surface area contributed by atoms with Crippen LogP contribution in [-0.2, 0) is 0 Å². The number of hydrogen-bond acceptors (Lipinski definition) is 3. The molecule has 0 aliphatic carbocycles. The fourth-order valence-electron chi connectivity index (χ4n) is 1.77. The van der Waals surface area contributed by atoms with Crippen LogP contribution in [0.2, 0.25) is 0 Å². The molecule has 0 radical (unpaired) electrons. The summed E-state index contributed by atoms with van der Waals surface area (Å²) >= 11 is 0. The molecule has 1 atom stereocenters. The van der Waals surface area contributed by atoms with Crippen molar-refractivity contribution in [2.45, 2.75) is 61.6 Å². The van der Waals surface area contributed by atoms with Gasteiger partial charge >= 0.3 is 0 Å². The Kier molecular flexibility index (Phi) is 11.5. The average Bonchev–Trinajstić information content (AvgIpc) is 2.73. The Morgan fingerprint density at radius 3 is 1.94 bits per heavy atom. The van der Waals surface area contributed by atoms with Crippen LogP contribution >= 0.6 is 0 Å². The Bertz CT molecular complexity index is 290. The Morgan fingerprint density at radius 1 is 1.00 bits per heavy atom. The zero-order chi connectivity index (χ0) is 14.7. The first-order chi connectivity index (χ1) is 8.70. The monoisotopic (exact) mass is 253 g/mol. The number of fused-ring (bicyclic) bond motifs is 1. The van der Waals surface area contributed by atoms with E-state index >= 15 is 0 Å². The van der Waals surface area contributed by atoms with Crippen LogP contribution in [0.5, 0.6) is 0 Å². The highest BCUT2D eigenvalue weighted by atomic mass is 15.6. The van der Waals surface area contributed by atoms with Crippen LogP contribution in [0.25, 0.3) is 0 Å². The maximum Gasteiger partial charge on any atom is 0.144 e. The topological polar surface area (TPSA) is 18.8 Å². The van der Waals surface area contributed by atoms with E-state index in [4.69, 9.17) is 0 Å². The molecule has 0 aromatic carbocycles. The summed E-state index contributed by atoms with van der Waals surface area (Å²) in [6.45, 7) is 16.2. The van der Waals surface area contributed by atoms with E-state index in [2.05, 4.69) is 43.2 Å². The first kappa shape index (κ1) is 19.1. The fraction of sp³-hybridized carbons (Fsp3) is 0.667. The molecule has 18 heavy (non-hydrogen) atoms. The van der Waals surface area contributed by atoms with E-state index in [1.807, 2.05) is 52.8 Å². The Hall–Kier alpha value is -1.25. The lowest BCUT2D eigenvalue weighted by Crippen LogP contribution is -2.37. The normalized spacial score (nSPS) is 19.1. The van der Waals surface area contributed by atoms with E-state index in [1.54, 1.807) is 0 Å². The van der Waals surface area contributed by atoms with E-state index in [1.165, 1.54) is 11.3 Å². The summed E-state index contributed by atoms with van der Waals surface area (Å²) in [6.07, 6.45) is 6.34. The van der Waals surface area contributed by atoms with Gasteiger partial charge in [-0.1, -0.05) is 41.5 Å². The molecule has 0 saturated carbocycles. The van der Waals surface area contributed by atoms with Crippen molar-refractivity contribution >= 4 is 6.21 Å². The summed E-state index contributed by atoms with van der Waals surface area (Å²) in [7, 11) is 2.08. The van der Waals surface area contributed by atoms with Gasteiger partial charge in [0.2, 0.25) is 0 Å². The number of allylic oxidation sites excluding steroid dienone is 2. The van der Waals surface area contributed by atoms with Crippen LogP contribution in [0.1, 0.15) is 55.4 Å². The highest BCUT2D eigenvalue weighted by Crippen LogP contribution is 2.27. The molecule has 0 N–H and O–H groups in total. The Labute approximate surface area is 114 Å². The van der Waals surface area contributed by atoms with Gasteiger partial charge < -0.3 is 4.90 Å². The Balaban J connectivity index is 0. The second-order valence-corrected chi connectivity index (χ2v) is 3.33. The van der Waals surface area contributed by atoms with Crippen molar-refractivity contribution in [2.75, 3.05) is 7.05 Å². The number of hydrazone groups is 1. The Morgan fingerprint density at radius 2 is 1.50 bits per heavy atom. The maximum atomic E-state index is 4.30. The van der Waals surface area contributed by atoms with Gasteiger partial charge in [-0.05, 0) is 25.5 Å². The van der Waals surface area contributed by atoms with Crippen molar-refractivity contribution < 1.29 is 0 Å². The molecule has 1 unspecified atom stereocenters. The lowest BCUT2D eigenvalue weighted by atomic mass is 10.2. The van der Waals surface area contributed by atoms with Gasteiger partial charge in [0.1, 0.15) is 6.17 Å². The quantitative estimate of drug-likeness (QED) is 0.635.